The number of anilines is 2. The Morgan fingerprint density at radius 3 is 3.25 bits per heavy atom. The molecule has 1 heterocycles. The molecular formula is C12H18N2O2. The first kappa shape index (κ1) is 11.1. The maximum absolute atomic E-state index is 5.72. The minimum absolute atomic E-state index is 0.105. The molecule has 1 aromatic carbocycles. The largest absolute Gasteiger partial charge is 0.489 e. The summed E-state index contributed by atoms with van der Waals surface area (Å²) in [5.41, 5.74) is 7.41. The second-order valence-electron chi connectivity index (χ2n) is 3.94. The van der Waals surface area contributed by atoms with E-state index in [1.807, 2.05) is 18.2 Å². The Morgan fingerprint density at radius 2 is 2.44 bits per heavy atom. The average Bonchev–Trinajstić information content (AvgIpc) is 2.48. The van der Waals surface area contributed by atoms with Gasteiger partial charge in [0.1, 0.15) is 18.5 Å². The molecule has 1 aromatic rings. The highest BCUT2D eigenvalue weighted by molar-refractivity contribution is 5.63. The molecule has 88 valence electrons. The number of fused-ring (bicyclic) bond motifs is 1. The van der Waals surface area contributed by atoms with Crippen LogP contribution in [0.5, 0.6) is 5.75 Å². The Hall–Kier alpha value is -1.42. The van der Waals surface area contributed by atoms with E-state index in [0.717, 1.165) is 36.7 Å². The fraction of sp³-hybridized carbons (Fsp3) is 0.500. The van der Waals surface area contributed by atoms with E-state index < -0.39 is 0 Å². The van der Waals surface area contributed by atoms with Gasteiger partial charge >= 0.3 is 0 Å². The van der Waals surface area contributed by atoms with Gasteiger partial charge in [0.15, 0.2) is 0 Å². The van der Waals surface area contributed by atoms with E-state index in [-0.39, 0.29) is 6.10 Å². The zero-order chi connectivity index (χ0) is 11.4. The molecule has 16 heavy (non-hydrogen) atoms. The number of hydrogen-bond donors (Lipinski definition) is 2. The lowest BCUT2D eigenvalue weighted by Crippen LogP contribution is -2.27. The topological polar surface area (TPSA) is 56.5 Å². The molecule has 1 aliphatic heterocycles. The highest BCUT2D eigenvalue weighted by atomic mass is 16.5. The van der Waals surface area contributed by atoms with E-state index in [1.54, 1.807) is 0 Å². The summed E-state index contributed by atoms with van der Waals surface area (Å²) in [6.07, 6.45) is 1.13. The molecule has 0 bridgehead atoms. The molecule has 0 radical (unpaired) electrons. The summed E-state index contributed by atoms with van der Waals surface area (Å²) in [6.45, 7) is 4.22. The van der Waals surface area contributed by atoms with Gasteiger partial charge in [0, 0.05) is 18.8 Å². The van der Waals surface area contributed by atoms with E-state index in [4.69, 9.17) is 15.2 Å². The van der Waals surface area contributed by atoms with Gasteiger partial charge in [-0.15, -0.1) is 0 Å². The van der Waals surface area contributed by atoms with Crippen molar-refractivity contribution in [2.45, 2.75) is 19.4 Å². The average molecular weight is 222 g/mol. The van der Waals surface area contributed by atoms with Gasteiger partial charge in [-0.2, -0.15) is 0 Å². The molecule has 0 fully saturated rings. The molecule has 0 amide bonds. The van der Waals surface area contributed by atoms with Gasteiger partial charge in [-0.05, 0) is 24.6 Å². The number of nitrogens with two attached hydrogens (primary N) is 1. The van der Waals surface area contributed by atoms with Crippen molar-refractivity contribution in [1.29, 1.82) is 0 Å². The summed E-state index contributed by atoms with van der Waals surface area (Å²) in [5, 5.41) is 3.29. The van der Waals surface area contributed by atoms with Crippen molar-refractivity contribution < 1.29 is 9.47 Å². The smallest absolute Gasteiger partial charge is 0.142 e. The van der Waals surface area contributed by atoms with Crippen LogP contribution in [0, 0.1) is 0 Å². The van der Waals surface area contributed by atoms with Crippen LogP contribution in [-0.2, 0) is 4.74 Å². The van der Waals surface area contributed by atoms with Crippen molar-refractivity contribution in [3.8, 4) is 5.75 Å². The minimum Gasteiger partial charge on any atom is -0.489 e. The highest BCUT2D eigenvalue weighted by Gasteiger charge is 2.16. The summed E-state index contributed by atoms with van der Waals surface area (Å²) >= 11 is 0. The number of hydrogen-bond acceptors (Lipinski definition) is 4. The third-order valence-corrected chi connectivity index (χ3v) is 2.51. The zero-order valence-electron chi connectivity index (χ0n) is 9.53. The van der Waals surface area contributed by atoms with Crippen LogP contribution in [0.25, 0.3) is 0 Å². The number of rotatable bonds is 3. The first-order valence-electron chi connectivity index (χ1n) is 5.67. The van der Waals surface area contributed by atoms with Crippen LogP contribution in [0.15, 0.2) is 18.2 Å². The number of nitrogen functional groups attached to an aromatic ring is 1. The van der Waals surface area contributed by atoms with E-state index in [2.05, 4.69) is 12.2 Å². The number of benzene rings is 1. The fourth-order valence-corrected chi connectivity index (χ4v) is 1.67. The van der Waals surface area contributed by atoms with Crippen LogP contribution in [0.2, 0.25) is 0 Å². The Labute approximate surface area is 95.7 Å². The minimum atomic E-state index is 0.105. The molecule has 0 aliphatic carbocycles. The molecule has 1 aliphatic rings. The quantitative estimate of drug-likeness (QED) is 0.766. The molecule has 0 unspecified atom stereocenters. The molecule has 2 rings (SSSR count). The van der Waals surface area contributed by atoms with E-state index in [0.29, 0.717) is 6.61 Å². The lowest BCUT2D eigenvalue weighted by Gasteiger charge is -2.14. The third-order valence-electron chi connectivity index (χ3n) is 2.51. The molecule has 0 saturated carbocycles. The molecule has 4 heteroatoms. The third kappa shape index (κ3) is 2.58. The normalized spacial score (nSPS) is 19.2. The van der Waals surface area contributed by atoms with Gasteiger partial charge in [0.05, 0.1) is 5.69 Å². The summed E-state index contributed by atoms with van der Waals surface area (Å²) in [7, 11) is 0. The summed E-state index contributed by atoms with van der Waals surface area (Å²) in [4.78, 5) is 0. The summed E-state index contributed by atoms with van der Waals surface area (Å²) in [6, 6.07) is 5.62. The molecule has 1 atom stereocenters. The molecule has 4 nitrogen and oxygen atoms in total. The first-order valence-corrected chi connectivity index (χ1v) is 5.67. The van der Waals surface area contributed by atoms with Gasteiger partial charge in [-0.3, -0.25) is 0 Å². The van der Waals surface area contributed by atoms with Gasteiger partial charge < -0.3 is 20.5 Å². The van der Waals surface area contributed by atoms with E-state index in [1.165, 1.54) is 0 Å². The maximum atomic E-state index is 5.72. The molecular weight excluding hydrogens is 204 g/mol. The number of ether oxygens (including phenoxy) is 2. The predicted molar refractivity (Wildman–Crippen MR) is 64.9 cm³/mol. The van der Waals surface area contributed by atoms with Crippen molar-refractivity contribution in [2.24, 2.45) is 0 Å². The Bertz CT molecular complexity index is 355. The molecule has 3 N–H and O–H groups in total. The second-order valence-corrected chi connectivity index (χ2v) is 3.94. The van der Waals surface area contributed by atoms with Crippen LogP contribution in [-0.4, -0.2) is 25.9 Å². The SMILES string of the molecule is CCCO[C@H]1CNc2cc(N)ccc2OC1. The Balaban J connectivity index is 2.01. The van der Waals surface area contributed by atoms with Crippen molar-refractivity contribution in [3.05, 3.63) is 18.2 Å². The van der Waals surface area contributed by atoms with Gasteiger partial charge in [0.25, 0.3) is 0 Å². The standard InChI is InChI=1S/C12H18N2O2/c1-2-5-15-10-7-14-11-6-9(13)3-4-12(11)16-8-10/h3-4,6,10,14H,2,5,7-8,13H2,1H3/t10-/m0/s1. The second kappa shape index (κ2) is 5.07. The van der Waals surface area contributed by atoms with Crippen molar-refractivity contribution in [3.63, 3.8) is 0 Å². The van der Waals surface area contributed by atoms with Crippen molar-refractivity contribution in [2.75, 3.05) is 30.8 Å². The van der Waals surface area contributed by atoms with E-state index >= 15 is 0 Å². The molecule has 0 spiro atoms. The lowest BCUT2D eigenvalue weighted by atomic mass is 10.2. The van der Waals surface area contributed by atoms with Crippen molar-refractivity contribution >= 4 is 11.4 Å². The van der Waals surface area contributed by atoms with Gasteiger partial charge in [-0.1, -0.05) is 6.92 Å². The van der Waals surface area contributed by atoms with Crippen LogP contribution in [0.4, 0.5) is 11.4 Å². The van der Waals surface area contributed by atoms with Crippen LogP contribution >= 0.6 is 0 Å². The van der Waals surface area contributed by atoms with Crippen molar-refractivity contribution in [1.82, 2.24) is 0 Å². The molecule has 0 saturated heterocycles. The Kier molecular flexibility index (Phi) is 3.51. The number of nitrogens with one attached hydrogen (secondary N) is 1. The predicted octanol–water partition coefficient (Wildman–Crippen LogP) is 1.87. The maximum Gasteiger partial charge on any atom is 0.142 e. The lowest BCUT2D eigenvalue weighted by molar-refractivity contribution is 0.0318. The Morgan fingerprint density at radius 1 is 1.56 bits per heavy atom. The van der Waals surface area contributed by atoms with Crippen LogP contribution in [0.3, 0.4) is 0 Å². The fourth-order valence-electron chi connectivity index (χ4n) is 1.67. The summed E-state index contributed by atoms with van der Waals surface area (Å²) in [5.74, 6) is 0.844. The van der Waals surface area contributed by atoms with Gasteiger partial charge in [-0.25, -0.2) is 0 Å². The first-order chi connectivity index (χ1) is 7.79. The van der Waals surface area contributed by atoms with Crippen LogP contribution in [0.1, 0.15) is 13.3 Å². The molecule has 0 aromatic heterocycles. The van der Waals surface area contributed by atoms with Gasteiger partial charge in [0.2, 0.25) is 0 Å². The monoisotopic (exact) mass is 222 g/mol. The zero-order valence-corrected chi connectivity index (χ0v) is 9.53. The summed E-state index contributed by atoms with van der Waals surface area (Å²) < 4.78 is 11.3. The van der Waals surface area contributed by atoms with E-state index in [9.17, 15) is 0 Å². The van der Waals surface area contributed by atoms with Crippen LogP contribution < -0.4 is 15.8 Å². The highest BCUT2D eigenvalue weighted by Crippen LogP contribution is 2.28.